The lowest BCUT2D eigenvalue weighted by molar-refractivity contribution is 0.475. The van der Waals surface area contributed by atoms with Gasteiger partial charge in [0.05, 0.1) is 5.69 Å². The van der Waals surface area contributed by atoms with Crippen molar-refractivity contribution < 1.29 is 5.11 Å². The molecule has 0 saturated carbocycles. The Morgan fingerprint density at radius 1 is 0.947 bits per heavy atom. The van der Waals surface area contributed by atoms with E-state index in [0.717, 1.165) is 9.96 Å². The van der Waals surface area contributed by atoms with Crippen LogP contribution in [0, 0.1) is 0 Å². The molecule has 94 valence electrons. The number of aromatic amines is 1. The maximum atomic E-state index is 12.0. The molecule has 5 nitrogen and oxygen atoms in total. The SMILES string of the molecule is O=c1cccc2[nH]c(-c3ccc(O)cc3)cc(=O)n12. The summed E-state index contributed by atoms with van der Waals surface area (Å²) >= 11 is 0. The fraction of sp³-hybridized carbons (Fsp3) is 0. The van der Waals surface area contributed by atoms with E-state index < -0.39 is 0 Å². The number of H-pyrrole nitrogens is 1. The Labute approximate surface area is 107 Å². The highest BCUT2D eigenvalue weighted by molar-refractivity contribution is 5.62. The molecule has 3 rings (SSSR count). The van der Waals surface area contributed by atoms with Crippen molar-refractivity contribution in [2.24, 2.45) is 0 Å². The van der Waals surface area contributed by atoms with Crippen LogP contribution in [0.2, 0.25) is 0 Å². The normalized spacial score (nSPS) is 10.7. The maximum absolute atomic E-state index is 12.0. The van der Waals surface area contributed by atoms with Crippen molar-refractivity contribution >= 4 is 5.65 Å². The van der Waals surface area contributed by atoms with Gasteiger partial charge in [0.2, 0.25) is 0 Å². The van der Waals surface area contributed by atoms with Crippen LogP contribution in [-0.4, -0.2) is 14.5 Å². The van der Waals surface area contributed by atoms with Gasteiger partial charge in [-0.15, -0.1) is 0 Å². The quantitative estimate of drug-likeness (QED) is 0.688. The molecule has 19 heavy (non-hydrogen) atoms. The van der Waals surface area contributed by atoms with E-state index in [0.29, 0.717) is 11.3 Å². The molecule has 3 aromatic rings. The summed E-state index contributed by atoms with van der Waals surface area (Å²) in [7, 11) is 0. The second kappa shape index (κ2) is 4.13. The van der Waals surface area contributed by atoms with Crippen LogP contribution in [0.1, 0.15) is 0 Å². The van der Waals surface area contributed by atoms with Gasteiger partial charge in [-0.05, 0) is 35.9 Å². The molecule has 0 unspecified atom stereocenters. The van der Waals surface area contributed by atoms with E-state index in [1.165, 1.54) is 24.3 Å². The standard InChI is InChI=1S/C14H10N2O3/c17-10-6-4-9(5-7-10)11-8-14(19)16-12(15-11)2-1-3-13(16)18/h1-8,15,17H. The second-order valence-electron chi connectivity index (χ2n) is 4.15. The lowest BCUT2D eigenvalue weighted by Crippen LogP contribution is -2.26. The highest BCUT2D eigenvalue weighted by atomic mass is 16.3. The number of benzene rings is 1. The molecule has 5 heteroatoms. The molecule has 0 fully saturated rings. The van der Waals surface area contributed by atoms with Crippen LogP contribution >= 0.6 is 0 Å². The zero-order chi connectivity index (χ0) is 13.4. The first-order valence-corrected chi connectivity index (χ1v) is 5.70. The van der Waals surface area contributed by atoms with Crippen LogP contribution in [0.4, 0.5) is 0 Å². The van der Waals surface area contributed by atoms with Gasteiger partial charge in [0.15, 0.2) is 0 Å². The summed E-state index contributed by atoms with van der Waals surface area (Å²) in [5.74, 6) is 0.156. The number of pyridine rings is 1. The zero-order valence-electron chi connectivity index (χ0n) is 9.83. The average Bonchev–Trinajstić information content (AvgIpc) is 2.39. The predicted molar refractivity (Wildman–Crippen MR) is 71.4 cm³/mol. The van der Waals surface area contributed by atoms with Crippen molar-refractivity contribution in [2.45, 2.75) is 0 Å². The van der Waals surface area contributed by atoms with Gasteiger partial charge in [0.1, 0.15) is 11.4 Å². The van der Waals surface area contributed by atoms with E-state index in [1.54, 1.807) is 24.3 Å². The molecule has 0 atom stereocenters. The van der Waals surface area contributed by atoms with Crippen LogP contribution in [0.15, 0.2) is 58.1 Å². The number of fused-ring (bicyclic) bond motifs is 1. The van der Waals surface area contributed by atoms with Crippen LogP contribution in [0.25, 0.3) is 16.9 Å². The Morgan fingerprint density at radius 2 is 1.68 bits per heavy atom. The molecule has 0 saturated heterocycles. The fourth-order valence-corrected chi connectivity index (χ4v) is 1.97. The van der Waals surface area contributed by atoms with Crippen LogP contribution < -0.4 is 11.1 Å². The smallest absolute Gasteiger partial charge is 0.261 e. The van der Waals surface area contributed by atoms with Gasteiger partial charge < -0.3 is 10.1 Å². The minimum Gasteiger partial charge on any atom is -0.508 e. The number of phenols is 1. The lowest BCUT2D eigenvalue weighted by atomic mass is 10.1. The molecular weight excluding hydrogens is 244 g/mol. The Hall–Kier alpha value is -2.82. The highest BCUT2D eigenvalue weighted by Crippen LogP contribution is 2.19. The Bertz CT molecular complexity index is 860. The first-order chi connectivity index (χ1) is 9.15. The molecule has 0 bridgehead atoms. The summed E-state index contributed by atoms with van der Waals surface area (Å²) in [5.41, 5.74) is 1.03. The number of nitrogens with one attached hydrogen (secondary N) is 1. The topological polar surface area (TPSA) is 74.6 Å². The van der Waals surface area contributed by atoms with Gasteiger partial charge in [-0.25, -0.2) is 4.40 Å². The second-order valence-corrected chi connectivity index (χ2v) is 4.15. The summed E-state index contributed by atoms with van der Waals surface area (Å²) in [6.45, 7) is 0. The zero-order valence-corrected chi connectivity index (χ0v) is 9.83. The van der Waals surface area contributed by atoms with Gasteiger partial charge in [-0.1, -0.05) is 6.07 Å². The molecule has 2 heterocycles. The fourth-order valence-electron chi connectivity index (χ4n) is 1.97. The molecular formula is C14H10N2O3. The summed E-state index contributed by atoms with van der Waals surface area (Å²) in [4.78, 5) is 26.6. The van der Waals surface area contributed by atoms with E-state index in [-0.39, 0.29) is 16.9 Å². The molecule has 0 radical (unpaired) electrons. The van der Waals surface area contributed by atoms with Gasteiger partial charge >= 0.3 is 0 Å². The highest BCUT2D eigenvalue weighted by Gasteiger charge is 2.04. The van der Waals surface area contributed by atoms with Crippen molar-refractivity contribution in [3.63, 3.8) is 0 Å². The number of hydrogen-bond donors (Lipinski definition) is 2. The van der Waals surface area contributed by atoms with E-state index in [4.69, 9.17) is 0 Å². The third kappa shape index (κ3) is 1.91. The van der Waals surface area contributed by atoms with Gasteiger partial charge in [0, 0.05) is 12.1 Å². The van der Waals surface area contributed by atoms with Gasteiger partial charge in [0.25, 0.3) is 11.1 Å². The molecule has 0 aliphatic carbocycles. The molecule has 2 aromatic heterocycles. The Morgan fingerprint density at radius 3 is 2.42 bits per heavy atom. The monoisotopic (exact) mass is 254 g/mol. The van der Waals surface area contributed by atoms with Crippen molar-refractivity contribution in [3.05, 3.63) is 69.2 Å². The summed E-state index contributed by atoms with van der Waals surface area (Å²) in [5, 5.41) is 9.25. The molecule has 0 amide bonds. The summed E-state index contributed by atoms with van der Waals surface area (Å²) < 4.78 is 1.07. The van der Waals surface area contributed by atoms with Crippen molar-refractivity contribution in [1.82, 2.24) is 9.38 Å². The first kappa shape index (κ1) is 11.3. The number of aromatic nitrogens is 2. The maximum Gasteiger partial charge on any atom is 0.261 e. The van der Waals surface area contributed by atoms with E-state index in [1.807, 2.05) is 0 Å². The Balaban J connectivity index is 2.30. The van der Waals surface area contributed by atoms with Crippen molar-refractivity contribution in [2.75, 3.05) is 0 Å². The number of nitrogens with zero attached hydrogens (tertiary/aromatic N) is 1. The third-order valence-electron chi connectivity index (χ3n) is 2.88. The van der Waals surface area contributed by atoms with Crippen LogP contribution in [0.5, 0.6) is 5.75 Å². The Kier molecular flexibility index (Phi) is 2.45. The molecule has 2 N–H and O–H groups in total. The molecule has 0 aliphatic heterocycles. The molecule has 0 aliphatic rings. The van der Waals surface area contributed by atoms with Crippen LogP contribution in [-0.2, 0) is 0 Å². The van der Waals surface area contributed by atoms with Crippen LogP contribution in [0.3, 0.4) is 0 Å². The number of hydrogen-bond acceptors (Lipinski definition) is 3. The number of aromatic hydroxyl groups is 1. The first-order valence-electron chi connectivity index (χ1n) is 5.70. The van der Waals surface area contributed by atoms with Gasteiger partial charge in [-0.3, -0.25) is 9.59 Å². The minimum atomic E-state index is -0.387. The average molecular weight is 254 g/mol. The van der Waals surface area contributed by atoms with Crippen molar-refractivity contribution in [3.8, 4) is 17.0 Å². The predicted octanol–water partition coefficient (Wildman–Crippen LogP) is 1.36. The van der Waals surface area contributed by atoms with Crippen molar-refractivity contribution in [1.29, 1.82) is 0 Å². The van der Waals surface area contributed by atoms with E-state index >= 15 is 0 Å². The number of rotatable bonds is 1. The lowest BCUT2D eigenvalue weighted by Gasteiger charge is -2.05. The van der Waals surface area contributed by atoms with Gasteiger partial charge in [-0.2, -0.15) is 0 Å². The number of phenolic OH excluding ortho intramolecular Hbond substituents is 1. The summed E-state index contributed by atoms with van der Waals surface area (Å²) in [6, 6.07) is 12.4. The largest absolute Gasteiger partial charge is 0.508 e. The third-order valence-corrected chi connectivity index (χ3v) is 2.88. The molecule has 0 spiro atoms. The molecule has 1 aromatic carbocycles. The summed E-state index contributed by atoms with van der Waals surface area (Å²) in [6.07, 6.45) is 0. The van der Waals surface area contributed by atoms with E-state index in [2.05, 4.69) is 4.98 Å². The van der Waals surface area contributed by atoms with E-state index in [9.17, 15) is 14.7 Å². The minimum absolute atomic E-state index is 0.156.